The summed E-state index contributed by atoms with van der Waals surface area (Å²) in [7, 11) is 1.44. The summed E-state index contributed by atoms with van der Waals surface area (Å²) in [5.41, 5.74) is 0.546. The van der Waals surface area contributed by atoms with Gasteiger partial charge in [0.05, 0.1) is 12.2 Å². The normalized spacial score (nSPS) is 11.6. The first kappa shape index (κ1) is 17.4. The van der Waals surface area contributed by atoms with E-state index in [1.165, 1.54) is 12.3 Å². The molecule has 0 radical (unpaired) electrons. The van der Waals surface area contributed by atoms with Crippen LogP contribution in [0.25, 0.3) is 0 Å². The second kappa shape index (κ2) is 7.97. The molecule has 114 valence electrons. The molecule has 0 N–H and O–H groups in total. The van der Waals surface area contributed by atoms with Crippen molar-refractivity contribution in [3.8, 4) is 0 Å². The Morgan fingerprint density at radius 1 is 1.35 bits per heavy atom. The third kappa shape index (κ3) is 5.05. The number of hydrogen-bond acceptors (Lipinski definition) is 6. The van der Waals surface area contributed by atoms with Crippen molar-refractivity contribution < 1.29 is 22.7 Å². The third-order valence-electron chi connectivity index (χ3n) is 2.54. The van der Waals surface area contributed by atoms with Gasteiger partial charge in [-0.25, -0.2) is 13.2 Å². The average molecular weight is 341 g/mol. The minimum absolute atomic E-state index is 0.0229. The zero-order chi connectivity index (χ0) is 15.2. The number of unbranched alkanes of at least 4 members (excludes halogenated alkanes) is 1. The van der Waals surface area contributed by atoms with Gasteiger partial charge in [-0.1, -0.05) is 13.3 Å². The van der Waals surface area contributed by atoms with Crippen molar-refractivity contribution in [1.29, 1.82) is 0 Å². The van der Waals surface area contributed by atoms with Gasteiger partial charge >= 0.3 is 5.97 Å². The van der Waals surface area contributed by atoms with E-state index in [1.54, 1.807) is 0 Å². The van der Waals surface area contributed by atoms with E-state index < -0.39 is 15.0 Å². The van der Waals surface area contributed by atoms with Crippen molar-refractivity contribution in [2.45, 2.75) is 30.9 Å². The van der Waals surface area contributed by atoms with E-state index in [2.05, 4.69) is 6.92 Å². The fourth-order valence-corrected chi connectivity index (χ4v) is 4.00. The van der Waals surface area contributed by atoms with Gasteiger partial charge in [-0.3, -0.25) is 0 Å². The van der Waals surface area contributed by atoms with Gasteiger partial charge in [0.15, 0.2) is 0 Å². The number of ether oxygens (including phenoxy) is 2. The summed E-state index contributed by atoms with van der Waals surface area (Å²) < 4.78 is 32.8. The van der Waals surface area contributed by atoms with E-state index in [0.29, 0.717) is 18.8 Å². The van der Waals surface area contributed by atoms with Gasteiger partial charge in [0.1, 0.15) is 10.8 Å². The number of carbonyl (C=O) groups excluding carboxylic acids is 1. The fourth-order valence-electron chi connectivity index (χ4n) is 1.46. The number of rotatable bonds is 8. The summed E-state index contributed by atoms with van der Waals surface area (Å²) in [5, 5.41) is 1.44. The van der Waals surface area contributed by atoms with Crippen molar-refractivity contribution in [2.75, 3.05) is 19.8 Å². The summed E-state index contributed by atoms with van der Waals surface area (Å²) in [4.78, 5) is 11.8. The topological polar surface area (TPSA) is 69.7 Å². The first-order chi connectivity index (χ1) is 9.38. The highest BCUT2D eigenvalue weighted by atomic mass is 35.7. The Balaban J connectivity index is 2.51. The van der Waals surface area contributed by atoms with E-state index in [1.807, 2.05) is 0 Å². The molecule has 0 amide bonds. The zero-order valence-electron chi connectivity index (χ0n) is 11.3. The molecule has 1 rings (SSSR count). The van der Waals surface area contributed by atoms with Crippen LogP contribution >= 0.6 is 22.0 Å². The molecule has 0 atom stereocenters. The Labute approximate surface area is 127 Å². The lowest BCUT2D eigenvalue weighted by molar-refractivity contribution is 0.0313. The quantitative estimate of drug-likeness (QED) is 0.413. The predicted octanol–water partition coefficient (Wildman–Crippen LogP) is 2.96. The van der Waals surface area contributed by atoms with Crippen LogP contribution in [0.5, 0.6) is 0 Å². The van der Waals surface area contributed by atoms with Crippen LogP contribution in [-0.4, -0.2) is 34.2 Å². The van der Waals surface area contributed by atoms with Gasteiger partial charge in [-0.05, 0) is 18.9 Å². The third-order valence-corrected chi connectivity index (χ3v) is 5.85. The molecule has 0 bridgehead atoms. The molecule has 5 nitrogen and oxygen atoms in total. The standard InChI is InChI=1S/C12H17ClO5S2/c1-3-4-5-17-6-7-18-11(14)10-8-19-12(9(10)2)20(13,15)16/h8H,3-7H2,1-2H3. The first-order valence-electron chi connectivity index (χ1n) is 6.15. The van der Waals surface area contributed by atoms with Crippen molar-refractivity contribution in [3.63, 3.8) is 0 Å². The fraction of sp³-hybridized carbons (Fsp3) is 0.583. The molecule has 0 saturated heterocycles. The molecule has 8 heteroatoms. The van der Waals surface area contributed by atoms with Gasteiger partial charge in [0, 0.05) is 22.7 Å². The largest absolute Gasteiger partial charge is 0.460 e. The molecular formula is C12H17ClO5S2. The lowest BCUT2D eigenvalue weighted by Crippen LogP contribution is -2.11. The van der Waals surface area contributed by atoms with Crippen LogP contribution in [0.4, 0.5) is 0 Å². The van der Waals surface area contributed by atoms with E-state index in [-0.39, 0.29) is 16.4 Å². The van der Waals surface area contributed by atoms with E-state index in [4.69, 9.17) is 20.2 Å². The van der Waals surface area contributed by atoms with Crippen molar-refractivity contribution in [2.24, 2.45) is 0 Å². The zero-order valence-corrected chi connectivity index (χ0v) is 13.7. The van der Waals surface area contributed by atoms with Crippen LogP contribution in [0.15, 0.2) is 9.59 Å². The second-order valence-electron chi connectivity index (χ2n) is 4.10. The molecule has 0 unspecified atom stereocenters. The van der Waals surface area contributed by atoms with Crippen molar-refractivity contribution in [1.82, 2.24) is 0 Å². The highest BCUT2D eigenvalue weighted by Gasteiger charge is 2.22. The minimum atomic E-state index is -3.82. The van der Waals surface area contributed by atoms with E-state index in [9.17, 15) is 13.2 Å². The van der Waals surface area contributed by atoms with Crippen LogP contribution in [0.1, 0.15) is 35.7 Å². The second-order valence-corrected chi connectivity index (χ2v) is 7.74. The molecule has 20 heavy (non-hydrogen) atoms. The van der Waals surface area contributed by atoms with Crippen LogP contribution in [0.3, 0.4) is 0 Å². The van der Waals surface area contributed by atoms with E-state index >= 15 is 0 Å². The summed E-state index contributed by atoms with van der Waals surface area (Å²) in [6.45, 7) is 4.70. The first-order valence-corrected chi connectivity index (χ1v) is 9.34. The Bertz CT molecular complexity index is 550. The molecule has 0 aliphatic carbocycles. The Morgan fingerprint density at radius 3 is 2.60 bits per heavy atom. The van der Waals surface area contributed by atoms with Crippen LogP contribution in [0, 0.1) is 6.92 Å². The van der Waals surface area contributed by atoms with Crippen molar-refractivity contribution in [3.05, 3.63) is 16.5 Å². The Kier molecular flexibility index (Phi) is 6.94. The summed E-state index contributed by atoms with van der Waals surface area (Å²) in [6, 6.07) is 0. The van der Waals surface area contributed by atoms with Gasteiger partial charge in [0.25, 0.3) is 9.05 Å². The van der Waals surface area contributed by atoms with Gasteiger partial charge in [-0.15, -0.1) is 11.3 Å². The number of halogens is 1. The Hall–Kier alpha value is -0.630. The van der Waals surface area contributed by atoms with Gasteiger partial charge < -0.3 is 9.47 Å². The lowest BCUT2D eigenvalue weighted by Gasteiger charge is -2.05. The lowest BCUT2D eigenvalue weighted by atomic mass is 10.2. The molecule has 0 aromatic carbocycles. The number of hydrogen-bond donors (Lipinski definition) is 0. The number of carbonyl (C=O) groups is 1. The molecule has 1 heterocycles. The number of esters is 1. The molecular weight excluding hydrogens is 324 g/mol. The highest BCUT2D eigenvalue weighted by molar-refractivity contribution is 8.15. The molecule has 0 fully saturated rings. The summed E-state index contributed by atoms with van der Waals surface area (Å²) >= 11 is 0.910. The molecule has 0 spiro atoms. The van der Waals surface area contributed by atoms with Gasteiger partial charge in [-0.2, -0.15) is 0 Å². The van der Waals surface area contributed by atoms with Crippen molar-refractivity contribution >= 4 is 37.0 Å². The van der Waals surface area contributed by atoms with E-state index in [0.717, 1.165) is 24.2 Å². The molecule has 0 aliphatic rings. The maximum atomic E-state index is 11.8. The molecule has 1 aromatic heterocycles. The smallest absolute Gasteiger partial charge is 0.339 e. The highest BCUT2D eigenvalue weighted by Crippen LogP contribution is 2.29. The van der Waals surface area contributed by atoms with Crippen LogP contribution in [0.2, 0.25) is 0 Å². The SMILES string of the molecule is CCCCOCCOC(=O)c1csc(S(=O)(=O)Cl)c1C. The predicted molar refractivity (Wildman–Crippen MR) is 78.1 cm³/mol. The number of thiophene rings is 1. The maximum absolute atomic E-state index is 11.8. The van der Waals surface area contributed by atoms with Crippen LogP contribution in [-0.2, 0) is 18.5 Å². The van der Waals surface area contributed by atoms with Gasteiger partial charge in [0.2, 0.25) is 0 Å². The molecule has 0 saturated carbocycles. The summed E-state index contributed by atoms with van der Waals surface area (Å²) in [5.74, 6) is -0.565. The Morgan fingerprint density at radius 2 is 2.05 bits per heavy atom. The average Bonchev–Trinajstić information content (AvgIpc) is 2.75. The maximum Gasteiger partial charge on any atom is 0.339 e. The summed E-state index contributed by atoms with van der Waals surface area (Å²) in [6.07, 6.45) is 2.01. The monoisotopic (exact) mass is 340 g/mol. The molecule has 0 aliphatic heterocycles. The molecule has 1 aromatic rings. The van der Waals surface area contributed by atoms with Crippen LogP contribution < -0.4 is 0 Å². The minimum Gasteiger partial charge on any atom is -0.460 e.